The lowest BCUT2D eigenvalue weighted by Crippen LogP contribution is -3.00. The summed E-state index contributed by atoms with van der Waals surface area (Å²) in [6.45, 7) is 12.0. The van der Waals surface area contributed by atoms with Gasteiger partial charge in [-0.3, -0.25) is 4.48 Å². The molecule has 0 rings (SSSR count). The number of esters is 2. The summed E-state index contributed by atoms with van der Waals surface area (Å²) in [5, 5.41) is 0. The van der Waals surface area contributed by atoms with Gasteiger partial charge in [0.05, 0.1) is 28.3 Å². The van der Waals surface area contributed by atoms with Gasteiger partial charge in [-0.25, -0.2) is 9.59 Å². The molecule has 118 valence electrons. The molecule has 0 saturated carbocycles. The maximum Gasteiger partial charge on any atom is 0.337 e. The SMILES string of the molecule is C=C(C)C(=O)OC.C=C(C)C(=O)OC(C)[N+](C)(C)C.[Cl-]. The van der Waals surface area contributed by atoms with Crippen molar-refractivity contribution in [2.75, 3.05) is 28.3 Å². The average Bonchev–Trinajstić information content (AvgIpc) is 2.26. The molecule has 0 aromatic carbocycles. The summed E-state index contributed by atoms with van der Waals surface area (Å²) < 4.78 is 9.98. The molecule has 0 saturated heterocycles. The summed E-state index contributed by atoms with van der Waals surface area (Å²) in [6, 6.07) is 0. The van der Waals surface area contributed by atoms with Crippen molar-refractivity contribution in [3.63, 3.8) is 0 Å². The average molecular weight is 308 g/mol. The number of ether oxygens (including phenoxy) is 2. The molecule has 0 spiro atoms. The van der Waals surface area contributed by atoms with Crippen LogP contribution in [0.3, 0.4) is 0 Å². The lowest BCUT2D eigenvalue weighted by atomic mass is 10.3. The Hall–Kier alpha value is -1.33. The Morgan fingerprint density at radius 1 is 1.00 bits per heavy atom. The van der Waals surface area contributed by atoms with Crippen molar-refractivity contribution in [2.45, 2.75) is 27.0 Å². The normalized spacial score (nSPS) is 10.9. The molecule has 20 heavy (non-hydrogen) atoms. The summed E-state index contributed by atoms with van der Waals surface area (Å²) in [5.41, 5.74) is 0.873. The Morgan fingerprint density at radius 2 is 1.35 bits per heavy atom. The van der Waals surface area contributed by atoms with Crippen molar-refractivity contribution in [3.8, 4) is 0 Å². The highest BCUT2D eigenvalue weighted by Gasteiger charge is 2.22. The maximum absolute atomic E-state index is 11.1. The number of nitrogens with zero attached hydrogens (tertiary/aromatic N) is 1. The minimum absolute atomic E-state index is 0. The predicted molar refractivity (Wildman–Crippen MR) is 75.2 cm³/mol. The topological polar surface area (TPSA) is 52.6 Å². The number of hydrogen-bond acceptors (Lipinski definition) is 4. The van der Waals surface area contributed by atoms with E-state index in [-0.39, 0.29) is 30.6 Å². The summed E-state index contributed by atoms with van der Waals surface area (Å²) in [4.78, 5) is 21.3. The summed E-state index contributed by atoms with van der Waals surface area (Å²) in [5.74, 6) is -0.671. The second kappa shape index (κ2) is 10.5. The Labute approximate surface area is 128 Å². The zero-order chi connectivity index (χ0) is 15.8. The molecule has 0 bridgehead atoms. The lowest BCUT2D eigenvalue weighted by molar-refractivity contribution is -0.914. The van der Waals surface area contributed by atoms with Gasteiger partial charge < -0.3 is 21.9 Å². The molecule has 0 radical (unpaired) electrons. The van der Waals surface area contributed by atoms with Gasteiger partial charge in [0.25, 0.3) is 0 Å². The molecule has 0 aliphatic heterocycles. The zero-order valence-corrected chi connectivity index (χ0v) is 14.2. The molecule has 5 nitrogen and oxygen atoms in total. The van der Waals surface area contributed by atoms with Crippen LogP contribution in [0.4, 0.5) is 0 Å². The molecule has 0 fully saturated rings. The number of carbonyl (C=O) groups excluding carboxylic acids is 2. The van der Waals surface area contributed by atoms with E-state index in [4.69, 9.17) is 4.74 Å². The molecule has 0 aromatic heterocycles. The fraction of sp³-hybridized carbons (Fsp3) is 0.571. The van der Waals surface area contributed by atoms with E-state index in [1.165, 1.54) is 7.11 Å². The number of quaternary nitrogens is 1. The summed E-state index contributed by atoms with van der Waals surface area (Å²) in [7, 11) is 7.24. The van der Waals surface area contributed by atoms with E-state index >= 15 is 0 Å². The van der Waals surface area contributed by atoms with Crippen LogP contribution in [0.25, 0.3) is 0 Å². The lowest BCUT2D eigenvalue weighted by Gasteiger charge is -2.30. The highest BCUT2D eigenvalue weighted by molar-refractivity contribution is 5.87. The second-order valence-electron chi connectivity index (χ2n) is 5.17. The van der Waals surface area contributed by atoms with Gasteiger partial charge >= 0.3 is 11.9 Å². The predicted octanol–water partition coefficient (Wildman–Crippen LogP) is -1.10. The second-order valence-corrected chi connectivity index (χ2v) is 5.17. The van der Waals surface area contributed by atoms with Crippen LogP contribution >= 0.6 is 0 Å². The van der Waals surface area contributed by atoms with E-state index in [0.29, 0.717) is 15.6 Å². The number of rotatable bonds is 4. The highest BCUT2D eigenvalue weighted by Crippen LogP contribution is 2.06. The first-order chi connectivity index (χ1) is 8.43. The fourth-order valence-corrected chi connectivity index (χ4v) is 0.588. The Bertz CT molecular complexity index is 359. The van der Waals surface area contributed by atoms with Gasteiger partial charge in [0.15, 0.2) is 0 Å². The highest BCUT2D eigenvalue weighted by atomic mass is 35.5. The molecule has 0 aliphatic carbocycles. The molecule has 1 unspecified atom stereocenters. The third-order valence-electron chi connectivity index (χ3n) is 2.25. The largest absolute Gasteiger partial charge is 1.00 e. The van der Waals surface area contributed by atoms with Crippen LogP contribution in [0.2, 0.25) is 0 Å². The summed E-state index contributed by atoms with van der Waals surface area (Å²) >= 11 is 0. The van der Waals surface area contributed by atoms with Crippen molar-refractivity contribution in [3.05, 3.63) is 24.3 Å². The first-order valence-corrected chi connectivity index (χ1v) is 5.84. The minimum atomic E-state index is -0.347. The zero-order valence-electron chi connectivity index (χ0n) is 13.4. The quantitative estimate of drug-likeness (QED) is 0.286. The van der Waals surface area contributed by atoms with Crippen LogP contribution < -0.4 is 12.4 Å². The van der Waals surface area contributed by atoms with Crippen molar-refractivity contribution in [1.29, 1.82) is 0 Å². The number of methoxy groups -OCH3 is 1. The van der Waals surface area contributed by atoms with E-state index in [2.05, 4.69) is 17.9 Å². The van der Waals surface area contributed by atoms with Gasteiger partial charge in [-0.05, 0) is 13.8 Å². The monoisotopic (exact) mass is 307 g/mol. The molecule has 6 heteroatoms. The van der Waals surface area contributed by atoms with E-state index in [1.54, 1.807) is 13.8 Å². The summed E-state index contributed by atoms with van der Waals surface area (Å²) in [6.07, 6.45) is -0.144. The number of hydrogen-bond donors (Lipinski definition) is 0. The molecule has 0 aromatic rings. The molecule has 0 aliphatic rings. The third-order valence-corrected chi connectivity index (χ3v) is 2.25. The van der Waals surface area contributed by atoms with Crippen molar-refractivity contribution < 1.29 is 36.0 Å². The van der Waals surface area contributed by atoms with Crippen molar-refractivity contribution in [2.24, 2.45) is 0 Å². The molecule has 0 N–H and O–H groups in total. The Balaban J connectivity index is -0.000000312. The van der Waals surface area contributed by atoms with Gasteiger partial charge in [0.1, 0.15) is 0 Å². The first-order valence-electron chi connectivity index (χ1n) is 5.84. The Morgan fingerprint density at radius 3 is 1.50 bits per heavy atom. The smallest absolute Gasteiger partial charge is 0.337 e. The van der Waals surface area contributed by atoms with Gasteiger partial charge in [0, 0.05) is 18.1 Å². The van der Waals surface area contributed by atoms with E-state index in [0.717, 1.165) is 0 Å². The van der Waals surface area contributed by atoms with Gasteiger partial charge in [-0.1, -0.05) is 13.2 Å². The van der Waals surface area contributed by atoms with Crippen LogP contribution in [0, 0.1) is 0 Å². The van der Waals surface area contributed by atoms with E-state index in [9.17, 15) is 9.59 Å². The number of carbonyl (C=O) groups is 2. The molecular weight excluding hydrogens is 282 g/mol. The number of halogens is 1. The van der Waals surface area contributed by atoms with E-state index < -0.39 is 0 Å². The van der Waals surface area contributed by atoms with Gasteiger partial charge in [-0.2, -0.15) is 0 Å². The van der Waals surface area contributed by atoms with Gasteiger partial charge in [0.2, 0.25) is 6.23 Å². The molecule has 1 atom stereocenters. The van der Waals surface area contributed by atoms with Crippen molar-refractivity contribution in [1.82, 2.24) is 0 Å². The van der Waals surface area contributed by atoms with Crippen LogP contribution in [0.15, 0.2) is 24.3 Å². The maximum atomic E-state index is 11.1. The van der Waals surface area contributed by atoms with Crippen LogP contribution in [0.1, 0.15) is 20.8 Å². The van der Waals surface area contributed by atoms with Crippen molar-refractivity contribution >= 4 is 11.9 Å². The first kappa shape index (κ1) is 23.7. The molecule has 0 heterocycles. The Kier molecular flexibility index (Phi) is 12.4. The van der Waals surface area contributed by atoms with Crippen LogP contribution in [-0.2, 0) is 19.1 Å². The third kappa shape index (κ3) is 11.7. The minimum Gasteiger partial charge on any atom is -1.00 e. The standard InChI is InChI=1S/C9H18NO2.C5H8O2.ClH/c1-7(2)9(11)12-8(3)10(4,5)6;1-4(2)5(6)7-3;/h8H,1H2,2-6H3;1H2,2-3H3;1H/q+1;;/p-1. The van der Waals surface area contributed by atoms with E-state index in [1.807, 2.05) is 28.1 Å². The molecular formula is C14H26ClNO4. The molecule has 0 amide bonds. The van der Waals surface area contributed by atoms with Crippen LogP contribution in [0.5, 0.6) is 0 Å². The fourth-order valence-electron chi connectivity index (χ4n) is 0.588. The van der Waals surface area contributed by atoms with Gasteiger partial charge in [-0.15, -0.1) is 0 Å². The van der Waals surface area contributed by atoms with Crippen LogP contribution in [-0.4, -0.2) is 50.9 Å².